The van der Waals surface area contributed by atoms with Gasteiger partial charge in [0.15, 0.2) is 0 Å². The molecule has 0 aliphatic carbocycles. The standard InChI is InChI=1S/C10H22N2O2S/c1-10(2,3)14-9(13)8(12)4-6-15-7-5-11/h8H,4-7,11-12H2,1-3H3. The first kappa shape index (κ1) is 14.7. The maximum atomic E-state index is 11.4. The fraction of sp³-hybridized carbons (Fsp3) is 0.900. The molecular weight excluding hydrogens is 212 g/mol. The summed E-state index contributed by atoms with van der Waals surface area (Å²) in [5, 5.41) is 0. The third kappa shape index (κ3) is 8.72. The third-order valence-corrected chi connectivity index (χ3v) is 2.59. The monoisotopic (exact) mass is 234 g/mol. The van der Waals surface area contributed by atoms with E-state index in [0.29, 0.717) is 13.0 Å². The molecule has 0 aromatic rings. The minimum atomic E-state index is -0.519. The van der Waals surface area contributed by atoms with Crippen LogP contribution in [0.2, 0.25) is 0 Å². The molecule has 0 saturated heterocycles. The topological polar surface area (TPSA) is 78.3 Å². The number of hydrogen-bond donors (Lipinski definition) is 2. The van der Waals surface area contributed by atoms with Gasteiger partial charge >= 0.3 is 5.97 Å². The van der Waals surface area contributed by atoms with E-state index in [1.807, 2.05) is 20.8 Å². The fourth-order valence-corrected chi connectivity index (χ4v) is 1.68. The Hall–Kier alpha value is -0.260. The van der Waals surface area contributed by atoms with Crippen LogP contribution >= 0.6 is 11.8 Å². The van der Waals surface area contributed by atoms with Crippen LogP contribution in [0.3, 0.4) is 0 Å². The van der Waals surface area contributed by atoms with Gasteiger partial charge in [0.25, 0.3) is 0 Å². The maximum absolute atomic E-state index is 11.4. The van der Waals surface area contributed by atoms with Gasteiger partial charge in [0.05, 0.1) is 0 Å². The molecule has 0 rings (SSSR count). The van der Waals surface area contributed by atoms with Crippen LogP contribution in [0.15, 0.2) is 0 Å². The van der Waals surface area contributed by atoms with Crippen molar-refractivity contribution in [3.8, 4) is 0 Å². The molecule has 15 heavy (non-hydrogen) atoms. The highest BCUT2D eigenvalue weighted by molar-refractivity contribution is 7.99. The number of thioether (sulfide) groups is 1. The lowest BCUT2D eigenvalue weighted by atomic mass is 10.2. The van der Waals surface area contributed by atoms with Gasteiger partial charge in [-0.25, -0.2) is 0 Å². The molecule has 0 bridgehead atoms. The van der Waals surface area contributed by atoms with Gasteiger partial charge in [-0.1, -0.05) is 0 Å². The van der Waals surface area contributed by atoms with Crippen LogP contribution in [0, 0.1) is 0 Å². The average Bonchev–Trinajstić information content (AvgIpc) is 2.09. The van der Waals surface area contributed by atoms with Crippen molar-refractivity contribution in [1.82, 2.24) is 0 Å². The zero-order valence-corrected chi connectivity index (χ0v) is 10.6. The Labute approximate surface area is 96.1 Å². The highest BCUT2D eigenvalue weighted by Gasteiger charge is 2.21. The van der Waals surface area contributed by atoms with E-state index in [2.05, 4.69) is 0 Å². The predicted molar refractivity (Wildman–Crippen MR) is 64.8 cm³/mol. The molecule has 1 unspecified atom stereocenters. The van der Waals surface area contributed by atoms with Crippen molar-refractivity contribution < 1.29 is 9.53 Å². The number of hydrogen-bond acceptors (Lipinski definition) is 5. The van der Waals surface area contributed by atoms with Gasteiger partial charge in [-0.2, -0.15) is 11.8 Å². The van der Waals surface area contributed by atoms with Crippen molar-refractivity contribution >= 4 is 17.7 Å². The Morgan fingerprint density at radius 1 is 1.40 bits per heavy atom. The Morgan fingerprint density at radius 3 is 2.47 bits per heavy atom. The smallest absolute Gasteiger partial charge is 0.323 e. The molecule has 1 atom stereocenters. The van der Waals surface area contributed by atoms with Gasteiger partial charge in [0, 0.05) is 12.3 Å². The first-order valence-corrected chi connectivity index (χ1v) is 6.28. The second kappa shape index (κ2) is 7.09. The largest absolute Gasteiger partial charge is 0.459 e. The van der Waals surface area contributed by atoms with Gasteiger partial charge in [0.2, 0.25) is 0 Å². The molecule has 0 aromatic carbocycles. The Balaban J connectivity index is 3.70. The zero-order chi connectivity index (χ0) is 11.9. The quantitative estimate of drug-likeness (QED) is 0.523. The Bertz CT molecular complexity index is 192. The number of esters is 1. The first-order valence-electron chi connectivity index (χ1n) is 5.13. The molecule has 0 aromatic heterocycles. The maximum Gasteiger partial charge on any atom is 0.323 e. The van der Waals surface area contributed by atoms with Crippen molar-refractivity contribution in [1.29, 1.82) is 0 Å². The van der Waals surface area contributed by atoms with Gasteiger partial charge in [-0.15, -0.1) is 0 Å². The van der Waals surface area contributed by atoms with E-state index in [-0.39, 0.29) is 5.97 Å². The summed E-state index contributed by atoms with van der Waals surface area (Å²) >= 11 is 1.70. The minimum absolute atomic E-state index is 0.323. The Morgan fingerprint density at radius 2 is 2.00 bits per heavy atom. The molecule has 0 heterocycles. The molecule has 90 valence electrons. The summed E-state index contributed by atoms with van der Waals surface area (Å²) < 4.78 is 5.16. The first-order chi connectivity index (χ1) is 6.87. The van der Waals surface area contributed by atoms with Crippen molar-refractivity contribution in [3.05, 3.63) is 0 Å². The van der Waals surface area contributed by atoms with Gasteiger partial charge in [0.1, 0.15) is 11.6 Å². The number of carbonyl (C=O) groups is 1. The summed E-state index contributed by atoms with van der Waals surface area (Å²) in [6, 6.07) is -0.519. The van der Waals surface area contributed by atoms with E-state index in [0.717, 1.165) is 11.5 Å². The van der Waals surface area contributed by atoms with Crippen LogP contribution in [0.1, 0.15) is 27.2 Å². The number of nitrogens with two attached hydrogens (primary N) is 2. The summed E-state index contributed by atoms with van der Waals surface area (Å²) in [6.45, 7) is 6.16. The van der Waals surface area contributed by atoms with Crippen molar-refractivity contribution in [2.24, 2.45) is 11.5 Å². The van der Waals surface area contributed by atoms with Gasteiger partial charge in [-0.05, 0) is 32.9 Å². The van der Waals surface area contributed by atoms with Gasteiger partial charge < -0.3 is 16.2 Å². The molecule has 0 aliphatic rings. The molecule has 4 nitrogen and oxygen atoms in total. The highest BCUT2D eigenvalue weighted by Crippen LogP contribution is 2.10. The number of rotatable bonds is 6. The fourth-order valence-electron chi connectivity index (χ4n) is 0.891. The summed E-state index contributed by atoms with van der Waals surface area (Å²) in [5.41, 5.74) is 10.6. The molecular formula is C10H22N2O2S. The van der Waals surface area contributed by atoms with E-state index in [9.17, 15) is 4.79 Å². The van der Waals surface area contributed by atoms with Crippen molar-refractivity contribution in [2.45, 2.75) is 38.8 Å². The second-order valence-electron chi connectivity index (χ2n) is 4.33. The molecule has 0 spiro atoms. The SMILES string of the molecule is CC(C)(C)OC(=O)C(N)CCSCCN. The second-order valence-corrected chi connectivity index (χ2v) is 5.55. The average molecular weight is 234 g/mol. The van der Waals surface area contributed by atoms with Crippen LogP contribution in [0.25, 0.3) is 0 Å². The summed E-state index contributed by atoms with van der Waals surface area (Å²) in [6.07, 6.45) is 0.638. The van der Waals surface area contributed by atoms with Crippen LogP contribution in [-0.2, 0) is 9.53 Å². The third-order valence-electron chi connectivity index (χ3n) is 1.54. The van der Waals surface area contributed by atoms with Crippen molar-refractivity contribution in [3.63, 3.8) is 0 Å². The molecule has 0 radical (unpaired) electrons. The van der Waals surface area contributed by atoms with Gasteiger partial charge in [-0.3, -0.25) is 4.79 Å². The molecule has 0 amide bonds. The summed E-state index contributed by atoms with van der Waals surface area (Å²) in [7, 11) is 0. The molecule has 0 fully saturated rings. The van der Waals surface area contributed by atoms with E-state index >= 15 is 0 Å². The van der Waals surface area contributed by atoms with Crippen LogP contribution in [0.5, 0.6) is 0 Å². The lowest BCUT2D eigenvalue weighted by Crippen LogP contribution is -2.37. The molecule has 4 N–H and O–H groups in total. The van der Waals surface area contributed by atoms with Crippen molar-refractivity contribution in [2.75, 3.05) is 18.1 Å². The van der Waals surface area contributed by atoms with Crippen LogP contribution in [0.4, 0.5) is 0 Å². The normalized spacial score (nSPS) is 13.7. The lowest BCUT2D eigenvalue weighted by Gasteiger charge is -2.22. The number of ether oxygens (including phenoxy) is 1. The Kier molecular flexibility index (Phi) is 6.96. The lowest BCUT2D eigenvalue weighted by molar-refractivity contribution is -0.156. The number of carbonyl (C=O) groups excluding carboxylic acids is 1. The minimum Gasteiger partial charge on any atom is -0.459 e. The molecule has 5 heteroatoms. The predicted octanol–water partition coefficient (Wildman–Crippen LogP) is 0.737. The van der Waals surface area contributed by atoms with E-state index < -0.39 is 11.6 Å². The van der Waals surface area contributed by atoms with E-state index in [4.69, 9.17) is 16.2 Å². The van der Waals surface area contributed by atoms with E-state index in [1.165, 1.54) is 0 Å². The van der Waals surface area contributed by atoms with Crippen LogP contribution in [-0.4, -0.2) is 35.7 Å². The van der Waals surface area contributed by atoms with E-state index in [1.54, 1.807) is 11.8 Å². The molecule has 0 aliphatic heterocycles. The summed E-state index contributed by atoms with van der Waals surface area (Å²) in [5.74, 6) is 1.43. The zero-order valence-electron chi connectivity index (χ0n) is 9.79. The highest BCUT2D eigenvalue weighted by atomic mass is 32.2. The summed E-state index contributed by atoms with van der Waals surface area (Å²) in [4.78, 5) is 11.4. The van der Waals surface area contributed by atoms with Crippen LogP contribution < -0.4 is 11.5 Å². The molecule has 0 saturated carbocycles.